The number of allylic oxidation sites excluding steroid dienone is 1. The van der Waals surface area contributed by atoms with Gasteiger partial charge in [-0.25, -0.2) is 4.79 Å². The van der Waals surface area contributed by atoms with E-state index in [0.29, 0.717) is 5.69 Å². The standard InChI is InChI=1S/C12H15NO3/c1-8(2)9-3-5-10(6-4-9)13-11(7-14)12(15)16/h3-6,11,13-14H,1,7H2,2H3,(H,15,16). The molecule has 0 aliphatic rings. The van der Waals surface area contributed by atoms with E-state index in [1.165, 1.54) is 0 Å². The van der Waals surface area contributed by atoms with Crippen LogP contribution in [0.3, 0.4) is 0 Å². The van der Waals surface area contributed by atoms with E-state index in [2.05, 4.69) is 11.9 Å². The summed E-state index contributed by atoms with van der Waals surface area (Å²) >= 11 is 0. The second kappa shape index (κ2) is 5.32. The van der Waals surface area contributed by atoms with Crippen molar-refractivity contribution >= 4 is 17.2 Å². The third-order valence-corrected chi connectivity index (χ3v) is 2.20. The first-order chi connectivity index (χ1) is 7.54. The van der Waals surface area contributed by atoms with Gasteiger partial charge in [-0.2, -0.15) is 0 Å². The molecule has 0 amide bonds. The second-order valence-corrected chi connectivity index (χ2v) is 3.58. The zero-order valence-electron chi connectivity index (χ0n) is 9.10. The smallest absolute Gasteiger partial charge is 0.328 e. The van der Waals surface area contributed by atoms with Gasteiger partial charge in [-0.05, 0) is 24.6 Å². The molecule has 0 radical (unpaired) electrons. The summed E-state index contributed by atoms with van der Waals surface area (Å²) < 4.78 is 0. The third kappa shape index (κ3) is 3.10. The van der Waals surface area contributed by atoms with Crippen LogP contribution in [-0.4, -0.2) is 28.8 Å². The summed E-state index contributed by atoms with van der Waals surface area (Å²) in [6.07, 6.45) is 0. The lowest BCUT2D eigenvalue weighted by Crippen LogP contribution is -2.32. The summed E-state index contributed by atoms with van der Waals surface area (Å²) in [5.41, 5.74) is 2.61. The van der Waals surface area contributed by atoms with Gasteiger partial charge >= 0.3 is 5.97 Å². The Morgan fingerprint density at radius 2 is 2.00 bits per heavy atom. The van der Waals surface area contributed by atoms with Crippen LogP contribution in [0.1, 0.15) is 12.5 Å². The molecule has 1 aromatic rings. The highest BCUT2D eigenvalue weighted by Gasteiger charge is 2.15. The zero-order valence-corrected chi connectivity index (χ0v) is 9.10. The van der Waals surface area contributed by atoms with Gasteiger partial charge in [-0.15, -0.1) is 0 Å². The number of carbonyl (C=O) groups is 1. The fraction of sp³-hybridized carbons (Fsp3) is 0.250. The Labute approximate surface area is 94.2 Å². The molecule has 0 fully saturated rings. The molecule has 0 aliphatic carbocycles. The number of aliphatic carboxylic acids is 1. The number of carboxylic acids is 1. The van der Waals surface area contributed by atoms with E-state index in [4.69, 9.17) is 10.2 Å². The first kappa shape index (κ1) is 12.3. The number of hydrogen-bond donors (Lipinski definition) is 3. The Hall–Kier alpha value is -1.81. The van der Waals surface area contributed by atoms with Crippen LogP contribution in [0, 0.1) is 0 Å². The number of aliphatic hydroxyl groups excluding tert-OH is 1. The minimum atomic E-state index is -1.08. The van der Waals surface area contributed by atoms with Gasteiger partial charge in [-0.1, -0.05) is 24.3 Å². The lowest BCUT2D eigenvalue weighted by molar-refractivity contribution is -0.138. The van der Waals surface area contributed by atoms with Crippen molar-refractivity contribution in [3.63, 3.8) is 0 Å². The van der Waals surface area contributed by atoms with E-state index >= 15 is 0 Å². The summed E-state index contributed by atoms with van der Waals surface area (Å²) in [4.78, 5) is 10.7. The monoisotopic (exact) mass is 221 g/mol. The molecular formula is C12H15NO3. The molecule has 0 spiro atoms. The molecule has 16 heavy (non-hydrogen) atoms. The molecule has 0 bridgehead atoms. The van der Waals surface area contributed by atoms with Crippen molar-refractivity contribution in [3.8, 4) is 0 Å². The van der Waals surface area contributed by atoms with Crippen LogP contribution >= 0.6 is 0 Å². The Bertz CT molecular complexity index is 384. The summed E-state index contributed by atoms with van der Waals surface area (Å²) in [5, 5.41) is 20.3. The maximum Gasteiger partial charge on any atom is 0.328 e. The molecule has 1 atom stereocenters. The molecule has 1 unspecified atom stereocenters. The minimum Gasteiger partial charge on any atom is -0.480 e. The molecule has 0 aromatic heterocycles. The molecule has 0 aliphatic heterocycles. The molecule has 0 saturated carbocycles. The number of nitrogens with one attached hydrogen (secondary N) is 1. The summed E-state index contributed by atoms with van der Waals surface area (Å²) in [6.45, 7) is 5.26. The number of carboxylic acid groups (broad SMARTS) is 1. The first-order valence-electron chi connectivity index (χ1n) is 4.90. The normalized spacial score (nSPS) is 11.9. The topological polar surface area (TPSA) is 69.6 Å². The third-order valence-electron chi connectivity index (χ3n) is 2.20. The summed E-state index contributed by atoms with van der Waals surface area (Å²) in [7, 11) is 0. The van der Waals surface area contributed by atoms with Gasteiger partial charge < -0.3 is 15.5 Å². The molecule has 86 valence electrons. The highest BCUT2D eigenvalue weighted by atomic mass is 16.4. The average Bonchev–Trinajstić information content (AvgIpc) is 2.26. The zero-order chi connectivity index (χ0) is 12.1. The molecular weight excluding hydrogens is 206 g/mol. The van der Waals surface area contributed by atoms with E-state index in [1.54, 1.807) is 12.1 Å². The van der Waals surface area contributed by atoms with Gasteiger partial charge in [0.15, 0.2) is 0 Å². The predicted octanol–water partition coefficient (Wildman–Crippen LogP) is 1.58. The highest BCUT2D eigenvalue weighted by Crippen LogP contribution is 2.15. The highest BCUT2D eigenvalue weighted by molar-refractivity contribution is 5.77. The van der Waals surface area contributed by atoms with Crippen molar-refractivity contribution in [2.45, 2.75) is 13.0 Å². The summed E-state index contributed by atoms with van der Waals surface area (Å²) in [6, 6.07) is 6.24. The van der Waals surface area contributed by atoms with Crippen LogP contribution in [0.25, 0.3) is 5.57 Å². The minimum absolute atomic E-state index is 0.447. The molecule has 1 rings (SSSR count). The van der Waals surface area contributed by atoms with E-state index in [-0.39, 0.29) is 0 Å². The number of hydrogen-bond acceptors (Lipinski definition) is 3. The van der Waals surface area contributed by atoms with Crippen molar-refractivity contribution < 1.29 is 15.0 Å². The fourth-order valence-corrected chi connectivity index (χ4v) is 1.24. The van der Waals surface area contributed by atoms with Gasteiger partial charge in [0.2, 0.25) is 0 Å². The molecule has 4 heteroatoms. The summed E-state index contributed by atoms with van der Waals surface area (Å²) in [5.74, 6) is -1.08. The van der Waals surface area contributed by atoms with Crippen molar-refractivity contribution in [3.05, 3.63) is 36.4 Å². The van der Waals surface area contributed by atoms with E-state index in [1.807, 2.05) is 19.1 Å². The Kier molecular flexibility index (Phi) is 4.08. The Balaban J connectivity index is 2.75. The van der Waals surface area contributed by atoms with Gasteiger partial charge in [0.05, 0.1) is 6.61 Å². The van der Waals surface area contributed by atoms with E-state index in [9.17, 15) is 4.79 Å². The molecule has 1 aromatic carbocycles. The quantitative estimate of drug-likeness (QED) is 0.706. The van der Waals surface area contributed by atoms with Gasteiger partial charge in [0.25, 0.3) is 0 Å². The van der Waals surface area contributed by atoms with Crippen molar-refractivity contribution in [1.29, 1.82) is 0 Å². The van der Waals surface area contributed by atoms with Crippen LogP contribution in [0.5, 0.6) is 0 Å². The first-order valence-corrected chi connectivity index (χ1v) is 4.90. The van der Waals surface area contributed by atoms with Crippen molar-refractivity contribution in [2.75, 3.05) is 11.9 Å². The molecule has 0 heterocycles. The van der Waals surface area contributed by atoms with Crippen LogP contribution in [0.15, 0.2) is 30.8 Å². The average molecular weight is 221 g/mol. The maximum atomic E-state index is 10.7. The Morgan fingerprint density at radius 3 is 2.38 bits per heavy atom. The number of rotatable bonds is 5. The van der Waals surface area contributed by atoms with Crippen LogP contribution < -0.4 is 5.32 Å². The SMILES string of the molecule is C=C(C)c1ccc(NC(CO)C(=O)O)cc1. The Morgan fingerprint density at radius 1 is 1.44 bits per heavy atom. The van der Waals surface area contributed by atoms with Crippen molar-refractivity contribution in [1.82, 2.24) is 0 Å². The number of anilines is 1. The van der Waals surface area contributed by atoms with E-state index in [0.717, 1.165) is 11.1 Å². The van der Waals surface area contributed by atoms with Crippen LogP contribution in [0.2, 0.25) is 0 Å². The van der Waals surface area contributed by atoms with E-state index < -0.39 is 18.6 Å². The van der Waals surface area contributed by atoms with Gasteiger partial charge in [0.1, 0.15) is 6.04 Å². The maximum absolute atomic E-state index is 10.7. The largest absolute Gasteiger partial charge is 0.480 e. The molecule has 4 nitrogen and oxygen atoms in total. The van der Waals surface area contributed by atoms with Crippen molar-refractivity contribution in [2.24, 2.45) is 0 Å². The number of benzene rings is 1. The lowest BCUT2D eigenvalue weighted by atomic mass is 10.1. The predicted molar refractivity (Wildman–Crippen MR) is 63.3 cm³/mol. The fourth-order valence-electron chi connectivity index (χ4n) is 1.24. The molecule has 3 N–H and O–H groups in total. The van der Waals surface area contributed by atoms with Crippen LogP contribution in [0.4, 0.5) is 5.69 Å². The number of aliphatic hydroxyl groups is 1. The van der Waals surface area contributed by atoms with Crippen LogP contribution in [-0.2, 0) is 4.79 Å². The second-order valence-electron chi connectivity index (χ2n) is 3.58. The lowest BCUT2D eigenvalue weighted by Gasteiger charge is -2.13. The van der Waals surface area contributed by atoms with Gasteiger partial charge in [-0.3, -0.25) is 0 Å². The molecule has 0 saturated heterocycles. The van der Waals surface area contributed by atoms with Gasteiger partial charge in [0, 0.05) is 5.69 Å².